The highest BCUT2D eigenvalue weighted by molar-refractivity contribution is 4.82. The molecule has 3 nitrogen and oxygen atoms in total. The van der Waals surface area contributed by atoms with Gasteiger partial charge in [0.25, 0.3) is 0 Å². The van der Waals surface area contributed by atoms with Gasteiger partial charge >= 0.3 is 0 Å². The van der Waals surface area contributed by atoms with E-state index in [0.717, 1.165) is 19.6 Å². The molecule has 1 heterocycles. The summed E-state index contributed by atoms with van der Waals surface area (Å²) < 4.78 is 5.34. The molecule has 0 unspecified atom stereocenters. The molecule has 0 radical (unpaired) electrons. The molecule has 1 fully saturated rings. The Labute approximate surface area is 68.7 Å². The number of hydrogen-bond donors (Lipinski definition) is 1. The lowest BCUT2D eigenvalue weighted by Crippen LogP contribution is -2.30. The van der Waals surface area contributed by atoms with Gasteiger partial charge in [-0.25, -0.2) is 0 Å². The molecule has 0 aromatic heterocycles. The molecule has 1 aliphatic rings. The second kappa shape index (κ2) is 4.04. The van der Waals surface area contributed by atoms with Gasteiger partial charge in [-0.1, -0.05) is 0 Å². The third-order valence-electron chi connectivity index (χ3n) is 2.18. The highest BCUT2D eigenvalue weighted by Gasteiger charge is 2.26. The van der Waals surface area contributed by atoms with Crippen LogP contribution in [0.15, 0.2) is 0 Å². The van der Waals surface area contributed by atoms with E-state index < -0.39 is 0 Å². The summed E-state index contributed by atoms with van der Waals surface area (Å²) in [5.74, 6) is 0.662. The van der Waals surface area contributed by atoms with Gasteiger partial charge in [-0.05, 0) is 14.1 Å². The minimum absolute atomic E-state index is 0.414. The van der Waals surface area contributed by atoms with Crippen molar-refractivity contribution < 1.29 is 4.74 Å². The summed E-state index contributed by atoms with van der Waals surface area (Å²) in [6.45, 7) is 3.22. The summed E-state index contributed by atoms with van der Waals surface area (Å²) in [5.41, 5.74) is 0. The average Bonchev–Trinajstić information content (AvgIpc) is 2.34. The van der Waals surface area contributed by atoms with Crippen LogP contribution in [-0.4, -0.2) is 51.8 Å². The lowest BCUT2D eigenvalue weighted by Gasteiger charge is -2.20. The lowest BCUT2D eigenvalue weighted by molar-refractivity contribution is 0.0729. The second-order valence-corrected chi connectivity index (χ2v) is 3.45. The lowest BCUT2D eigenvalue weighted by atomic mass is 10.1. The molecule has 2 atom stereocenters. The van der Waals surface area contributed by atoms with Crippen molar-refractivity contribution in [3.05, 3.63) is 0 Å². The van der Waals surface area contributed by atoms with E-state index in [9.17, 15) is 0 Å². The number of rotatable bonds is 3. The van der Waals surface area contributed by atoms with Crippen molar-refractivity contribution in [2.45, 2.75) is 6.10 Å². The summed E-state index contributed by atoms with van der Waals surface area (Å²) in [5, 5.41) is 3.33. The molecule has 0 aliphatic carbocycles. The summed E-state index contributed by atoms with van der Waals surface area (Å²) in [6, 6.07) is 0. The first-order chi connectivity index (χ1) is 5.24. The zero-order chi connectivity index (χ0) is 8.27. The fraction of sp³-hybridized carbons (Fsp3) is 1.00. The first-order valence-corrected chi connectivity index (χ1v) is 4.12. The van der Waals surface area contributed by atoms with E-state index in [1.54, 1.807) is 7.11 Å². The van der Waals surface area contributed by atoms with Gasteiger partial charge in [0.15, 0.2) is 0 Å². The molecule has 0 aromatic rings. The van der Waals surface area contributed by atoms with Crippen molar-refractivity contribution in [2.75, 3.05) is 40.8 Å². The number of nitrogens with one attached hydrogen (secondary N) is 1. The summed E-state index contributed by atoms with van der Waals surface area (Å²) in [7, 11) is 6.00. The number of methoxy groups -OCH3 is 1. The van der Waals surface area contributed by atoms with Gasteiger partial charge in [-0.2, -0.15) is 0 Å². The van der Waals surface area contributed by atoms with Gasteiger partial charge in [0.05, 0.1) is 6.10 Å². The Morgan fingerprint density at radius 2 is 2.18 bits per heavy atom. The van der Waals surface area contributed by atoms with Gasteiger partial charge in [0.2, 0.25) is 0 Å². The van der Waals surface area contributed by atoms with E-state index in [1.165, 1.54) is 0 Å². The van der Waals surface area contributed by atoms with Gasteiger partial charge in [-0.3, -0.25) is 0 Å². The first-order valence-electron chi connectivity index (χ1n) is 4.12. The molecule has 1 saturated heterocycles. The van der Waals surface area contributed by atoms with Crippen molar-refractivity contribution in [1.29, 1.82) is 0 Å². The Kier molecular flexibility index (Phi) is 3.30. The quantitative estimate of drug-likeness (QED) is 0.614. The fourth-order valence-corrected chi connectivity index (χ4v) is 1.64. The third-order valence-corrected chi connectivity index (χ3v) is 2.18. The second-order valence-electron chi connectivity index (χ2n) is 3.45. The Morgan fingerprint density at radius 1 is 1.45 bits per heavy atom. The molecule has 0 amide bonds. The van der Waals surface area contributed by atoms with Crippen molar-refractivity contribution in [1.82, 2.24) is 10.2 Å². The van der Waals surface area contributed by atoms with E-state index in [2.05, 4.69) is 24.3 Å². The summed E-state index contributed by atoms with van der Waals surface area (Å²) in [4.78, 5) is 2.21. The molecule has 1 N–H and O–H groups in total. The van der Waals surface area contributed by atoms with Crippen LogP contribution in [0.5, 0.6) is 0 Å². The van der Waals surface area contributed by atoms with Crippen LogP contribution in [0.1, 0.15) is 0 Å². The molecule has 0 saturated carbocycles. The maximum atomic E-state index is 5.34. The third kappa shape index (κ3) is 2.43. The predicted octanol–water partition coefficient (Wildman–Crippen LogP) is -0.218. The van der Waals surface area contributed by atoms with Gasteiger partial charge in [-0.15, -0.1) is 0 Å². The normalized spacial score (nSPS) is 31.6. The van der Waals surface area contributed by atoms with Crippen LogP contribution >= 0.6 is 0 Å². The van der Waals surface area contributed by atoms with E-state index in [1.807, 2.05) is 0 Å². The van der Waals surface area contributed by atoms with E-state index in [-0.39, 0.29) is 0 Å². The maximum Gasteiger partial charge on any atom is 0.0748 e. The topological polar surface area (TPSA) is 24.5 Å². The molecule has 1 aliphatic heterocycles. The first kappa shape index (κ1) is 8.97. The van der Waals surface area contributed by atoms with E-state index in [0.29, 0.717) is 12.0 Å². The van der Waals surface area contributed by atoms with Crippen molar-refractivity contribution in [3.63, 3.8) is 0 Å². The van der Waals surface area contributed by atoms with Gasteiger partial charge in [0, 0.05) is 32.7 Å². The Hall–Kier alpha value is -0.120. The number of hydrogen-bond acceptors (Lipinski definition) is 3. The van der Waals surface area contributed by atoms with Gasteiger partial charge < -0.3 is 15.0 Å². The fourth-order valence-electron chi connectivity index (χ4n) is 1.64. The number of ether oxygens (including phenoxy) is 1. The maximum absolute atomic E-state index is 5.34. The minimum atomic E-state index is 0.414. The monoisotopic (exact) mass is 158 g/mol. The van der Waals surface area contributed by atoms with Crippen molar-refractivity contribution in [3.8, 4) is 0 Å². The predicted molar refractivity (Wildman–Crippen MR) is 45.7 cm³/mol. The molecular formula is C8H18N2O. The number of nitrogens with zero attached hydrogens (tertiary/aromatic N) is 1. The highest BCUT2D eigenvalue weighted by atomic mass is 16.5. The van der Waals surface area contributed by atoms with Crippen LogP contribution in [0.25, 0.3) is 0 Å². The van der Waals surface area contributed by atoms with Gasteiger partial charge in [0.1, 0.15) is 0 Å². The molecular weight excluding hydrogens is 140 g/mol. The van der Waals surface area contributed by atoms with Crippen LogP contribution in [0.3, 0.4) is 0 Å². The van der Waals surface area contributed by atoms with Crippen LogP contribution < -0.4 is 5.32 Å². The van der Waals surface area contributed by atoms with E-state index in [4.69, 9.17) is 4.74 Å². The largest absolute Gasteiger partial charge is 0.380 e. The molecule has 0 spiro atoms. The summed E-state index contributed by atoms with van der Waals surface area (Å²) >= 11 is 0. The molecule has 0 aromatic carbocycles. The van der Waals surface area contributed by atoms with Crippen molar-refractivity contribution in [2.24, 2.45) is 5.92 Å². The van der Waals surface area contributed by atoms with Crippen LogP contribution in [0.2, 0.25) is 0 Å². The van der Waals surface area contributed by atoms with Crippen LogP contribution in [-0.2, 0) is 4.74 Å². The Bertz CT molecular complexity index is 117. The standard InChI is InChI=1S/C8H18N2O/c1-10(2)6-7-4-9-5-8(7)11-3/h7-9H,4-6H2,1-3H3/t7-,8-/m0/s1. The smallest absolute Gasteiger partial charge is 0.0748 e. The molecule has 3 heteroatoms. The van der Waals surface area contributed by atoms with Crippen molar-refractivity contribution >= 4 is 0 Å². The molecule has 66 valence electrons. The Morgan fingerprint density at radius 3 is 2.73 bits per heavy atom. The SMILES string of the molecule is CO[C@H]1CNC[C@H]1CN(C)C. The van der Waals surface area contributed by atoms with Crippen LogP contribution in [0.4, 0.5) is 0 Å². The zero-order valence-corrected chi connectivity index (χ0v) is 7.63. The average molecular weight is 158 g/mol. The minimum Gasteiger partial charge on any atom is -0.380 e. The summed E-state index contributed by atoms with van der Waals surface area (Å²) in [6.07, 6.45) is 0.414. The highest BCUT2D eigenvalue weighted by Crippen LogP contribution is 2.12. The Balaban J connectivity index is 2.31. The molecule has 11 heavy (non-hydrogen) atoms. The van der Waals surface area contributed by atoms with E-state index >= 15 is 0 Å². The molecule has 1 rings (SSSR count). The van der Waals surface area contributed by atoms with Crippen LogP contribution in [0, 0.1) is 5.92 Å². The molecule has 0 bridgehead atoms. The zero-order valence-electron chi connectivity index (χ0n) is 7.63.